The lowest BCUT2D eigenvalue weighted by Crippen LogP contribution is -2.45. The van der Waals surface area contributed by atoms with Crippen molar-refractivity contribution >= 4 is 55.6 Å². The van der Waals surface area contributed by atoms with Crippen molar-refractivity contribution in [2.75, 3.05) is 38.2 Å². The van der Waals surface area contributed by atoms with Gasteiger partial charge < -0.3 is 9.64 Å². The normalized spacial score (nSPS) is 15.5. The maximum absolute atomic E-state index is 11.6. The lowest BCUT2D eigenvalue weighted by molar-refractivity contribution is 0.0606. The van der Waals surface area contributed by atoms with Gasteiger partial charge in [-0.2, -0.15) is 0 Å². The number of carbonyl (C=O) groups is 1. The molecule has 0 spiro atoms. The Labute approximate surface area is 164 Å². The summed E-state index contributed by atoms with van der Waals surface area (Å²) in [6, 6.07) is 9.69. The third-order valence-electron chi connectivity index (χ3n) is 4.41. The lowest BCUT2D eigenvalue weighted by atomic mass is 10.3. The van der Waals surface area contributed by atoms with Gasteiger partial charge in [0.05, 0.1) is 17.3 Å². The van der Waals surface area contributed by atoms with Crippen LogP contribution in [0.15, 0.2) is 30.3 Å². The van der Waals surface area contributed by atoms with Gasteiger partial charge in [0.1, 0.15) is 4.88 Å². The van der Waals surface area contributed by atoms with Crippen molar-refractivity contribution in [1.82, 2.24) is 9.88 Å². The SMILES string of the molecule is COC(=O)c1ccc(CN2CCN(c3nc4ccc(Cl)cc4s3)CC2)s1. The fourth-order valence-corrected chi connectivity index (χ4v) is 5.27. The van der Waals surface area contributed by atoms with Gasteiger partial charge in [0.25, 0.3) is 0 Å². The quantitative estimate of drug-likeness (QED) is 0.609. The van der Waals surface area contributed by atoms with E-state index in [9.17, 15) is 4.79 Å². The maximum Gasteiger partial charge on any atom is 0.348 e. The molecule has 1 aliphatic heterocycles. The zero-order valence-corrected chi connectivity index (χ0v) is 16.7. The summed E-state index contributed by atoms with van der Waals surface area (Å²) in [4.78, 5) is 22.9. The van der Waals surface area contributed by atoms with E-state index in [0.29, 0.717) is 4.88 Å². The fourth-order valence-electron chi connectivity index (χ4n) is 3.01. The van der Waals surface area contributed by atoms with Crippen molar-refractivity contribution in [2.24, 2.45) is 0 Å². The number of fused-ring (bicyclic) bond motifs is 1. The summed E-state index contributed by atoms with van der Waals surface area (Å²) < 4.78 is 5.90. The van der Waals surface area contributed by atoms with Crippen LogP contribution in [0.3, 0.4) is 0 Å². The zero-order chi connectivity index (χ0) is 18.1. The van der Waals surface area contributed by atoms with Crippen LogP contribution in [0.5, 0.6) is 0 Å². The van der Waals surface area contributed by atoms with Gasteiger partial charge in [0.2, 0.25) is 0 Å². The summed E-state index contributed by atoms with van der Waals surface area (Å²) in [6.45, 7) is 4.71. The summed E-state index contributed by atoms with van der Waals surface area (Å²) in [5, 5.41) is 1.81. The van der Waals surface area contributed by atoms with Crippen LogP contribution in [0.1, 0.15) is 14.5 Å². The van der Waals surface area contributed by atoms with E-state index in [2.05, 4.69) is 9.80 Å². The second kappa shape index (κ2) is 7.52. The fraction of sp³-hybridized carbons (Fsp3) is 0.333. The number of hydrogen-bond donors (Lipinski definition) is 0. The molecule has 1 saturated heterocycles. The number of ether oxygens (including phenoxy) is 1. The molecule has 0 unspecified atom stereocenters. The van der Waals surface area contributed by atoms with Gasteiger partial charge in [-0.15, -0.1) is 11.3 Å². The first-order chi connectivity index (χ1) is 12.6. The molecule has 4 rings (SSSR count). The number of rotatable bonds is 4. The van der Waals surface area contributed by atoms with Crippen LogP contribution >= 0.6 is 34.3 Å². The first-order valence-electron chi connectivity index (χ1n) is 8.33. The van der Waals surface area contributed by atoms with Crippen molar-refractivity contribution in [3.05, 3.63) is 45.1 Å². The molecule has 0 N–H and O–H groups in total. The number of nitrogens with zero attached hydrogens (tertiary/aromatic N) is 3. The molecule has 0 bridgehead atoms. The van der Waals surface area contributed by atoms with Crippen molar-refractivity contribution in [3.8, 4) is 0 Å². The molecular weight excluding hydrogens is 390 g/mol. The zero-order valence-electron chi connectivity index (χ0n) is 14.3. The highest BCUT2D eigenvalue weighted by Gasteiger charge is 2.21. The van der Waals surface area contributed by atoms with Crippen LogP contribution in [-0.4, -0.2) is 49.1 Å². The standard InChI is InChI=1S/C18H18ClN3O2S2/c1-24-17(23)15-5-3-13(25-15)11-21-6-8-22(9-7-21)18-20-14-4-2-12(19)10-16(14)26-18/h2-5,10H,6-9,11H2,1H3. The number of thiazole rings is 1. The summed E-state index contributed by atoms with van der Waals surface area (Å²) in [6.07, 6.45) is 0. The van der Waals surface area contributed by atoms with Gasteiger partial charge in [-0.3, -0.25) is 4.90 Å². The van der Waals surface area contributed by atoms with E-state index >= 15 is 0 Å². The van der Waals surface area contributed by atoms with Crippen LogP contribution < -0.4 is 4.90 Å². The Kier molecular flexibility index (Phi) is 5.13. The minimum atomic E-state index is -0.262. The van der Waals surface area contributed by atoms with E-state index in [1.165, 1.54) is 23.3 Å². The van der Waals surface area contributed by atoms with E-state index in [-0.39, 0.29) is 5.97 Å². The van der Waals surface area contributed by atoms with Crippen LogP contribution in [0.25, 0.3) is 10.2 Å². The third kappa shape index (κ3) is 3.71. The molecule has 1 fully saturated rings. The highest BCUT2D eigenvalue weighted by Crippen LogP contribution is 2.31. The molecule has 26 heavy (non-hydrogen) atoms. The van der Waals surface area contributed by atoms with Crippen molar-refractivity contribution in [2.45, 2.75) is 6.54 Å². The molecule has 0 radical (unpaired) electrons. The number of piperazine rings is 1. The third-order valence-corrected chi connectivity index (χ3v) is 6.77. The molecule has 2 aromatic heterocycles. The Morgan fingerprint density at radius 3 is 2.77 bits per heavy atom. The smallest absolute Gasteiger partial charge is 0.348 e. The molecule has 0 atom stereocenters. The molecule has 0 amide bonds. The van der Waals surface area contributed by atoms with E-state index in [4.69, 9.17) is 21.3 Å². The predicted molar refractivity (Wildman–Crippen MR) is 108 cm³/mol. The average molecular weight is 408 g/mol. The highest BCUT2D eigenvalue weighted by atomic mass is 35.5. The van der Waals surface area contributed by atoms with E-state index in [1.807, 2.05) is 30.3 Å². The molecule has 3 aromatic rings. The number of carbonyl (C=O) groups excluding carboxylic acids is 1. The number of esters is 1. The summed E-state index contributed by atoms with van der Waals surface area (Å²) in [5.74, 6) is -0.262. The number of hydrogen-bond acceptors (Lipinski definition) is 7. The van der Waals surface area contributed by atoms with Crippen molar-refractivity contribution in [3.63, 3.8) is 0 Å². The lowest BCUT2D eigenvalue weighted by Gasteiger charge is -2.34. The molecule has 136 valence electrons. The minimum Gasteiger partial charge on any atom is -0.465 e. The number of methoxy groups -OCH3 is 1. The number of aromatic nitrogens is 1. The first kappa shape index (κ1) is 17.7. The Morgan fingerprint density at radius 1 is 1.19 bits per heavy atom. The Balaban J connectivity index is 1.37. The maximum atomic E-state index is 11.6. The van der Waals surface area contributed by atoms with Crippen molar-refractivity contribution < 1.29 is 9.53 Å². The monoisotopic (exact) mass is 407 g/mol. The molecule has 1 aromatic carbocycles. The molecule has 8 heteroatoms. The van der Waals surface area contributed by atoms with Gasteiger partial charge in [-0.1, -0.05) is 22.9 Å². The van der Waals surface area contributed by atoms with Crippen LogP contribution in [0.4, 0.5) is 5.13 Å². The first-order valence-corrected chi connectivity index (χ1v) is 10.3. The Morgan fingerprint density at radius 2 is 2.00 bits per heavy atom. The van der Waals surface area contributed by atoms with E-state index < -0.39 is 0 Å². The second-order valence-corrected chi connectivity index (χ2v) is 8.74. The topological polar surface area (TPSA) is 45.7 Å². The number of thiophene rings is 1. The van der Waals surface area contributed by atoms with Crippen LogP contribution in [-0.2, 0) is 11.3 Å². The molecular formula is C18H18ClN3O2S2. The molecule has 0 aliphatic carbocycles. The van der Waals surface area contributed by atoms with Gasteiger partial charge in [-0.25, -0.2) is 9.78 Å². The molecule has 0 saturated carbocycles. The molecule has 3 heterocycles. The van der Waals surface area contributed by atoms with Crippen LogP contribution in [0.2, 0.25) is 5.02 Å². The van der Waals surface area contributed by atoms with Gasteiger partial charge >= 0.3 is 5.97 Å². The Hall–Kier alpha value is -1.67. The predicted octanol–water partition coefficient (Wildman–Crippen LogP) is 4.12. The molecule has 1 aliphatic rings. The van der Waals surface area contributed by atoms with Gasteiger partial charge in [-0.05, 0) is 30.3 Å². The van der Waals surface area contributed by atoms with Crippen molar-refractivity contribution in [1.29, 1.82) is 0 Å². The minimum absolute atomic E-state index is 0.262. The number of anilines is 1. The van der Waals surface area contributed by atoms with Gasteiger partial charge in [0.15, 0.2) is 5.13 Å². The average Bonchev–Trinajstić information content (AvgIpc) is 3.28. The summed E-state index contributed by atoms with van der Waals surface area (Å²) in [7, 11) is 1.41. The van der Waals surface area contributed by atoms with Gasteiger partial charge in [0, 0.05) is 42.6 Å². The Bertz CT molecular complexity index is 932. The highest BCUT2D eigenvalue weighted by molar-refractivity contribution is 7.22. The largest absolute Gasteiger partial charge is 0.465 e. The number of halogens is 1. The van der Waals surface area contributed by atoms with E-state index in [0.717, 1.165) is 53.1 Å². The summed E-state index contributed by atoms with van der Waals surface area (Å²) >= 11 is 9.27. The van der Waals surface area contributed by atoms with Crippen LogP contribution in [0, 0.1) is 0 Å². The summed E-state index contributed by atoms with van der Waals surface area (Å²) in [5.41, 5.74) is 1.01. The second-order valence-electron chi connectivity index (χ2n) is 6.13. The number of benzene rings is 1. The van der Waals surface area contributed by atoms with E-state index in [1.54, 1.807) is 11.3 Å². The molecule has 5 nitrogen and oxygen atoms in total.